The molecule has 1 fully saturated rings. The average Bonchev–Trinajstić information content (AvgIpc) is 3.26. The van der Waals surface area contributed by atoms with Crippen LogP contribution in [0.5, 0.6) is 0 Å². The zero-order valence-corrected chi connectivity index (χ0v) is 16.5. The lowest BCUT2D eigenvalue weighted by Gasteiger charge is -2.17. The Morgan fingerprint density at radius 3 is 2.56 bits per heavy atom. The largest absolute Gasteiger partial charge is 0.351 e. The lowest BCUT2D eigenvalue weighted by molar-refractivity contribution is -0.126. The zero-order chi connectivity index (χ0) is 19.6. The molecule has 3 N–H and O–H groups in total. The monoisotopic (exact) mass is 407 g/mol. The fourth-order valence-corrected chi connectivity index (χ4v) is 4.69. The van der Waals surface area contributed by atoms with Crippen molar-refractivity contribution in [2.75, 3.05) is 11.4 Å². The number of rotatable bonds is 6. The van der Waals surface area contributed by atoms with Crippen molar-refractivity contribution >= 4 is 38.9 Å². The van der Waals surface area contributed by atoms with Crippen molar-refractivity contribution in [3.05, 3.63) is 46.8 Å². The fraction of sp³-hybridized carbons (Fsp3) is 0.333. The number of nitrogens with one attached hydrogen (secondary N) is 1. The fourth-order valence-electron chi connectivity index (χ4n) is 2.97. The predicted molar refractivity (Wildman–Crippen MR) is 104 cm³/mol. The zero-order valence-electron chi connectivity index (χ0n) is 14.8. The van der Waals surface area contributed by atoms with E-state index in [2.05, 4.69) is 12.2 Å². The first-order valence-electron chi connectivity index (χ1n) is 8.56. The van der Waals surface area contributed by atoms with Gasteiger partial charge in [-0.2, -0.15) is 0 Å². The summed E-state index contributed by atoms with van der Waals surface area (Å²) in [6.45, 7) is 2.60. The number of hydrogen-bond acceptors (Lipinski definition) is 5. The van der Waals surface area contributed by atoms with Gasteiger partial charge in [-0.05, 0) is 36.2 Å². The van der Waals surface area contributed by atoms with Crippen molar-refractivity contribution in [3.63, 3.8) is 0 Å². The van der Waals surface area contributed by atoms with Gasteiger partial charge in [0.2, 0.25) is 21.8 Å². The van der Waals surface area contributed by atoms with E-state index in [1.54, 1.807) is 11.0 Å². The van der Waals surface area contributed by atoms with Crippen molar-refractivity contribution in [1.29, 1.82) is 0 Å². The van der Waals surface area contributed by atoms with Crippen LogP contribution in [-0.4, -0.2) is 26.8 Å². The number of carbonyl (C=O) groups excluding carboxylic acids is 2. The summed E-state index contributed by atoms with van der Waals surface area (Å²) in [5.74, 6) is -0.727. The molecule has 2 aromatic rings. The van der Waals surface area contributed by atoms with Gasteiger partial charge in [0.1, 0.15) is 4.21 Å². The lowest BCUT2D eigenvalue weighted by atomic mass is 10.1. The molecule has 0 spiro atoms. The summed E-state index contributed by atoms with van der Waals surface area (Å²) in [5.41, 5.74) is 1.98. The SMILES string of the molecule is CCc1ccc(N2CC(C(=O)NCc3ccc(S(N)(=O)=O)s3)CC2=O)cc1. The maximum atomic E-state index is 12.4. The number of benzene rings is 1. The molecular formula is C18H21N3O4S2. The average molecular weight is 408 g/mol. The maximum absolute atomic E-state index is 12.4. The van der Waals surface area contributed by atoms with Gasteiger partial charge in [0.25, 0.3) is 0 Å². The third kappa shape index (κ3) is 4.55. The van der Waals surface area contributed by atoms with E-state index in [1.165, 1.54) is 11.6 Å². The van der Waals surface area contributed by atoms with Crippen LogP contribution in [0.15, 0.2) is 40.6 Å². The molecule has 1 atom stereocenters. The number of aryl methyl sites for hydroxylation is 1. The first-order chi connectivity index (χ1) is 12.8. The standard InChI is InChI=1S/C18H21N3O4S2/c1-2-12-3-5-14(6-4-12)21-11-13(9-16(21)22)18(23)20-10-15-7-8-17(26-15)27(19,24)25/h3-8,13H,2,9-11H2,1H3,(H,20,23)(H2,19,24,25). The molecule has 1 saturated heterocycles. The molecule has 7 nitrogen and oxygen atoms in total. The van der Waals surface area contributed by atoms with Gasteiger partial charge in [0.15, 0.2) is 0 Å². The Labute approximate surface area is 162 Å². The first kappa shape index (κ1) is 19.5. The van der Waals surface area contributed by atoms with E-state index in [1.807, 2.05) is 24.3 Å². The van der Waals surface area contributed by atoms with Gasteiger partial charge in [-0.15, -0.1) is 11.3 Å². The molecule has 1 unspecified atom stereocenters. The van der Waals surface area contributed by atoms with Crippen LogP contribution in [0.3, 0.4) is 0 Å². The van der Waals surface area contributed by atoms with Crippen molar-refractivity contribution in [2.24, 2.45) is 11.1 Å². The Morgan fingerprint density at radius 1 is 1.26 bits per heavy atom. The quantitative estimate of drug-likeness (QED) is 0.758. The predicted octanol–water partition coefficient (Wildman–Crippen LogP) is 1.63. The maximum Gasteiger partial charge on any atom is 0.247 e. The molecule has 3 rings (SSSR count). The molecule has 9 heteroatoms. The van der Waals surface area contributed by atoms with Crippen LogP contribution in [0, 0.1) is 5.92 Å². The first-order valence-corrected chi connectivity index (χ1v) is 10.9. The van der Waals surface area contributed by atoms with E-state index in [9.17, 15) is 18.0 Å². The smallest absolute Gasteiger partial charge is 0.247 e. The second kappa shape index (κ2) is 7.79. The minimum Gasteiger partial charge on any atom is -0.351 e. The van der Waals surface area contributed by atoms with Crippen molar-refractivity contribution < 1.29 is 18.0 Å². The van der Waals surface area contributed by atoms with Crippen molar-refractivity contribution in [1.82, 2.24) is 5.32 Å². The van der Waals surface area contributed by atoms with E-state index >= 15 is 0 Å². The Bertz CT molecular complexity index is 951. The Kier molecular flexibility index (Phi) is 5.64. The van der Waals surface area contributed by atoms with E-state index in [4.69, 9.17) is 5.14 Å². The number of sulfonamides is 1. The minimum atomic E-state index is -3.73. The molecular weight excluding hydrogens is 386 g/mol. The molecule has 1 aliphatic heterocycles. The summed E-state index contributed by atoms with van der Waals surface area (Å²) >= 11 is 1.02. The summed E-state index contributed by atoms with van der Waals surface area (Å²) in [5, 5.41) is 7.86. The Balaban J connectivity index is 1.59. The lowest BCUT2D eigenvalue weighted by Crippen LogP contribution is -2.32. The molecule has 0 radical (unpaired) electrons. The van der Waals surface area contributed by atoms with E-state index < -0.39 is 15.9 Å². The summed E-state index contributed by atoms with van der Waals surface area (Å²) in [7, 11) is -3.73. The van der Waals surface area contributed by atoms with E-state index in [-0.39, 0.29) is 29.0 Å². The topological polar surface area (TPSA) is 110 Å². The number of nitrogens with zero attached hydrogens (tertiary/aromatic N) is 1. The molecule has 2 amide bonds. The number of amides is 2. The number of anilines is 1. The number of nitrogens with two attached hydrogens (primary N) is 1. The molecule has 0 saturated carbocycles. The number of hydrogen-bond donors (Lipinski definition) is 2. The highest BCUT2D eigenvalue weighted by atomic mass is 32.2. The van der Waals surface area contributed by atoms with Crippen LogP contribution in [0.2, 0.25) is 0 Å². The second-order valence-electron chi connectivity index (χ2n) is 6.41. The third-order valence-corrected chi connectivity index (χ3v) is 7.03. The summed E-state index contributed by atoms with van der Waals surface area (Å²) < 4.78 is 22.7. The van der Waals surface area contributed by atoms with Gasteiger partial charge in [-0.1, -0.05) is 19.1 Å². The Morgan fingerprint density at radius 2 is 1.96 bits per heavy atom. The highest BCUT2D eigenvalue weighted by Crippen LogP contribution is 2.26. The van der Waals surface area contributed by atoms with Crippen molar-refractivity contribution in [3.8, 4) is 0 Å². The molecule has 1 aromatic carbocycles. The van der Waals surface area contributed by atoms with Gasteiger partial charge in [0, 0.05) is 23.5 Å². The third-order valence-electron chi connectivity index (χ3n) is 4.51. The number of thiophene rings is 1. The second-order valence-corrected chi connectivity index (χ2v) is 9.37. The summed E-state index contributed by atoms with van der Waals surface area (Å²) in [6.07, 6.45) is 1.09. The molecule has 2 heterocycles. The molecule has 27 heavy (non-hydrogen) atoms. The number of carbonyl (C=O) groups is 2. The van der Waals surface area contributed by atoms with Gasteiger partial charge in [-0.25, -0.2) is 13.6 Å². The van der Waals surface area contributed by atoms with Crippen LogP contribution >= 0.6 is 11.3 Å². The number of primary sulfonamides is 1. The molecule has 1 aliphatic rings. The van der Waals surface area contributed by atoms with Crippen LogP contribution < -0.4 is 15.4 Å². The molecule has 144 valence electrons. The van der Waals surface area contributed by atoms with Crippen LogP contribution in [-0.2, 0) is 32.6 Å². The van der Waals surface area contributed by atoms with Gasteiger partial charge in [0.05, 0.1) is 12.5 Å². The van der Waals surface area contributed by atoms with Crippen molar-refractivity contribution in [2.45, 2.75) is 30.5 Å². The Hall–Kier alpha value is -2.23. The van der Waals surface area contributed by atoms with Crippen LogP contribution in [0.1, 0.15) is 23.8 Å². The van der Waals surface area contributed by atoms with Gasteiger partial charge in [-0.3, -0.25) is 9.59 Å². The van der Waals surface area contributed by atoms with Crippen LogP contribution in [0.4, 0.5) is 5.69 Å². The molecule has 0 aliphatic carbocycles. The van der Waals surface area contributed by atoms with Gasteiger partial charge >= 0.3 is 0 Å². The van der Waals surface area contributed by atoms with E-state index in [0.29, 0.717) is 11.4 Å². The highest BCUT2D eigenvalue weighted by molar-refractivity contribution is 7.91. The van der Waals surface area contributed by atoms with E-state index in [0.717, 1.165) is 23.4 Å². The normalized spacial score (nSPS) is 17.3. The molecule has 1 aromatic heterocycles. The molecule has 0 bridgehead atoms. The van der Waals surface area contributed by atoms with Gasteiger partial charge < -0.3 is 10.2 Å². The summed E-state index contributed by atoms with van der Waals surface area (Å²) in [6, 6.07) is 10.8. The minimum absolute atomic E-state index is 0.0597. The summed E-state index contributed by atoms with van der Waals surface area (Å²) in [4.78, 5) is 27.0. The highest BCUT2D eigenvalue weighted by Gasteiger charge is 2.35. The van der Waals surface area contributed by atoms with Crippen LogP contribution in [0.25, 0.3) is 0 Å².